The van der Waals surface area contributed by atoms with Crippen LogP contribution in [-0.4, -0.2) is 24.3 Å². The summed E-state index contributed by atoms with van der Waals surface area (Å²) in [5.74, 6) is -0.291. The normalized spacial score (nSPS) is 10.7. The van der Waals surface area contributed by atoms with Crippen molar-refractivity contribution in [2.24, 2.45) is 0 Å². The van der Waals surface area contributed by atoms with Gasteiger partial charge in [-0.3, -0.25) is 14.4 Å². The van der Waals surface area contributed by atoms with Crippen LogP contribution in [0.1, 0.15) is 121 Å². The Morgan fingerprint density at radius 3 is 1.69 bits per heavy atom. The van der Waals surface area contributed by atoms with Crippen LogP contribution in [0.5, 0.6) is 5.75 Å². The van der Waals surface area contributed by atoms with Crippen LogP contribution < -0.4 is 4.74 Å². The zero-order valence-electron chi connectivity index (χ0n) is 20.2. The molecule has 5 nitrogen and oxygen atoms in total. The lowest BCUT2D eigenvalue weighted by atomic mass is 10.1. The Morgan fingerprint density at radius 1 is 0.656 bits per heavy atom. The molecule has 0 N–H and O–H groups in total. The second-order valence-corrected chi connectivity index (χ2v) is 8.52. The van der Waals surface area contributed by atoms with Gasteiger partial charge in [-0.25, -0.2) is 0 Å². The molecule has 0 bridgehead atoms. The van der Waals surface area contributed by atoms with E-state index < -0.39 is 5.97 Å². The molecule has 0 heterocycles. The van der Waals surface area contributed by atoms with Crippen LogP contribution in [0, 0.1) is 0 Å². The molecule has 180 valence electrons. The molecule has 0 aliphatic carbocycles. The first-order valence-electron chi connectivity index (χ1n) is 12.5. The fourth-order valence-electron chi connectivity index (χ4n) is 3.52. The van der Waals surface area contributed by atoms with E-state index in [2.05, 4.69) is 6.92 Å². The van der Waals surface area contributed by atoms with Crippen molar-refractivity contribution in [3.63, 3.8) is 0 Å². The number of carbonyl (C=O) groups is 3. The highest BCUT2D eigenvalue weighted by atomic mass is 16.5. The molecule has 0 saturated heterocycles. The minimum atomic E-state index is -0.394. The van der Waals surface area contributed by atoms with Gasteiger partial charge in [0, 0.05) is 18.4 Å². The molecule has 0 aromatic heterocycles. The third kappa shape index (κ3) is 14.8. The number of hydrogen-bond acceptors (Lipinski definition) is 5. The number of esters is 2. The molecule has 0 amide bonds. The first kappa shape index (κ1) is 27.9. The van der Waals surface area contributed by atoms with E-state index in [1.54, 1.807) is 24.3 Å². The lowest BCUT2D eigenvalue weighted by molar-refractivity contribution is -0.144. The maximum atomic E-state index is 11.9. The van der Waals surface area contributed by atoms with Gasteiger partial charge in [0.1, 0.15) is 5.75 Å². The van der Waals surface area contributed by atoms with Crippen molar-refractivity contribution in [1.82, 2.24) is 0 Å². The molecular formula is C27H42O5. The van der Waals surface area contributed by atoms with Crippen LogP contribution in [-0.2, 0) is 14.3 Å². The Bertz CT molecular complexity index is 651. The Balaban J connectivity index is 1.93. The molecular weight excluding hydrogens is 404 g/mol. The van der Waals surface area contributed by atoms with Crippen molar-refractivity contribution in [2.75, 3.05) is 6.61 Å². The minimum Gasteiger partial charge on any atom is -0.466 e. The fraction of sp³-hybridized carbons (Fsp3) is 0.667. The average molecular weight is 447 g/mol. The van der Waals surface area contributed by atoms with Crippen molar-refractivity contribution < 1.29 is 23.9 Å². The van der Waals surface area contributed by atoms with E-state index in [4.69, 9.17) is 9.47 Å². The molecule has 0 unspecified atom stereocenters. The van der Waals surface area contributed by atoms with Crippen molar-refractivity contribution in [3.8, 4) is 5.75 Å². The Morgan fingerprint density at radius 2 is 1.16 bits per heavy atom. The quantitative estimate of drug-likeness (QED) is 0.0971. The van der Waals surface area contributed by atoms with Crippen LogP contribution in [0.2, 0.25) is 0 Å². The Kier molecular flexibility index (Phi) is 16.0. The summed E-state index contributed by atoms with van der Waals surface area (Å²) in [5, 5.41) is 0. The summed E-state index contributed by atoms with van der Waals surface area (Å²) in [7, 11) is 0. The van der Waals surface area contributed by atoms with Gasteiger partial charge in [-0.1, -0.05) is 77.6 Å². The predicted octanol–water partition coefficient (Wildman–Crippen LogP) is 7.21. The number of unbranched alkanes of at least 4 members (excludes halogenated alkanes) is 11. The smallest absolute Gasteiger partial charge is 0.311 e. The van der Waals surface area contributed by atoms with Crippen molar-refractivity contribution in [2.45, 2.75) is 110 Å². The molecule has 1 aromatic carbocycles. The number of benzene rings is 1. The molecule has 0 spiro atoms. The maximum Gasteiger partial charge on any atom is 0.311 e. The van der Waals surface area contributed by atoms with Crippen LogP contribution in [0.4, 0.5) is 0 Å². The van der Waals surface area contributed by atoms with E-state index in [1.165, 1.54) is 71.1 Å². The molecule has 0 aliphatic heterocycles. The molecule has 1 aromatic rings. The minimum absolute atomic E-state index is 0.0371. The van der Waals surface area contributed by atoms with E-state index in [-0.39, 0.29) is 24.6 Å². The van der Waals surface area contributed by atoms with E-state index >= 15 is 0 Å². The predicted molar refractivity (Wildman–Crippen MR) is 128 cm³/mol. The average Bonchev–Trinajstić information content (AvgIpc) is 2.77. The molecule has 0 atom stereocenters. The van der Waals surface area contributed by atoms with Crippen molar-refractivity contribution >= 4 is 17.7 Å². The largest absolute Gasteiger partial charge is 0.466 e. The van der Waals surface area contributed by atoms with E-state index in [0.717, 1.165) is 12.8 Å². The number of ether oxygens (including phenoxy) is 2. The standard InChI is InChI=1S/C27H42O5/c1-3-4-5-6-7-8-9-10-11-12-13-14-22-31-26(29)16-15-17-27(30)32-25-20-18-24(19-21-25)23(2)28/h18-21H,3-17,22H2,1-2H3. The summed E-state index contributed by atoms with van der Waals surface area (Å²) in [5.41, 5.74) is 0.570. The van der Waals surface area contributed by atoms with Gasteiger partial charge < -0.3 is 9.47 Å². The van der Waals surface area contributed by atoms with Gasteiger partial charge >= 0.3 is 11.9 Å². The van der Waals surface area contributed by atoms with E-state index in [1.807, 2.05) is 0 Å². The second kappa shape index (κ2) is 18.4. The van der Waals surface area contributed by atoms with Crippen LogP contribution >= 0.6 is 0 Å². The monoisotopic (exact) mass is 446 g/mol. The van der Waals surface area contributed by atoms with Crippen LogP contribution in [0.25, 0.3) is 0 Å². The van der Waals surface area contributed by atoms with E-state index in [9.17, 15) is 14.4 Å². The first-order valence-corrected chi connectivity index (χ1v) is 12.5. The summed E-state index contributed by atoms with van der Waals surface area (Å²) in [6.45, 7) is 4.20. The summed E-state index contributed by atoms with van der Waals surface area (Å²) in [6, 6.07) is 6.44. The van der Waals surface area contributed by atoms with Gasteiger partial charge in [0.25, 0.3) is 0 Å². The maximum absolute atomic E-state index is 11.9. The number of hydrogen-bond donors (Lipinski definition) is 0. The SMILES string of the molecule is CCCCCCCCCCCCCCOC(=O)CCCC(=O)Oc1ccc(C(C)=O)cc1. The number of rotatable bonds is 19. The van der Waals surface area contributed by atoms with Gasteiger partial charge in [-0.05, 0) is 44.0 Å². The zero-order chi connectivity index (χ0) is 23.4. The molecule has 5 heteroatoms. The van der Waals surface area contributed by atoms with E-state index in [0.29, 0.717) is 24.3 Å². The molecule has 0 fully saturated rings. The molecule has 32 heavy (non-hydrogen) atoms. The third-order valence-electron chi connectivity index (χ3n) is 5.52. The summed E-state index contributed by atoms with van der Waals surface area (Å²) < 4.78 is 10.5. The molecule has 0 aliphatic rings. The first-order chi connectivity index (χ1) is 15.5. The van der Waals surface area contributed by atoms with Crippen LogP contribution in [0.15, 0.2) is 24.3 Å². The van der Waals surface area contributed by atoms with Crippen molar-refractivity contribution in [3.05, 3.63) is 29.8 Å². The zero-order valence-corrected chi connectivity index (χ0v) is 20.2. The van der Waals surface area contributed by atoms with Gasteiger partial charge in [0.2, 0.25) is 0 Å². The molecule has 0 radical (unpaired) electrons. The lowest BCUT2D eigenvalue weighted by Gasteiger charge is -2.06. The van der Waals surface area contributed by atoms with Gasteiger partial charge in [-0.2, -0.15) is 0 Å². The molecule has 0 saturated carbocycles. The Hall–Kier alpha value is -2.17. The van der Waals surface area contributed by atoms with Gasteiger partial charge in [-0.15, -0.1) is 0 Å². The van der Waals surface area contributed by atoms with Gasteiger partial charge in [0.05, 0.1) is 6.61 Å². The number of Topliss-reactive ketones (excluding diaryl/α,β-unsaturated/α-hetero) is 1. The number of ketones is 1. The third-order valence-corrected chi connectivity index (χ3v) is 5.52. The number of carbonyl (C=O) groups excluding carboxylic acids is 3. The van der Waals surface area contributed by atoms with Crippen molar-refractivity contribution in [1.29, 1.82) is 0 Å². The summed E-state index contributed by atoms with van der Waals surface area (Å²) in [6.07, 6.45) is 16.1. The summed E-state index contributed by atoms with van der Waals surface area (Å²) >= 11 is 0. The van der Waals surface area contributed by atoms with Crippen LogP contribution in [0.3, 0.4) is 0 Å². The van der Waals surface area contributed by atoms with Gasteiger partial charge in [0.15, 0.2) is 5.78 Å². The molecule has 1 rings (SSSR count). The highest BCUT2D eigenvalue weighted by Gasteiger charge is 2.09. The lowest BCUT2D eigenvalue weighted by Crippen LogP contribution is -2.10. The highest BCUT2D eigenvalue weighted by molar-refractivity contribution is 5.94. The highest BCUT2D eigenvalue weighted by Crippen LogP contribution is 2.14. The topological polar surface area (TPSA) is 69.7 Å². The summed E-state index contributed by atoms with van der Waals surface area (Å²) in [4.78, 5) is 34.9. The Labute approximate surface area is 194 Å². The second-order valence-electron chi connectivity index (χ2n) is 8.52. The fourth-order valence-corrected chi connectivity index (χ4v) is 3.52.